The second-order valence-corrected chi connectivity index (χ2v) is 5.10. The number of nitrogens with zero attached hydrogens (tertiary/aromatic N) is 2. The lowest BCUT2D eigenvalue weighted by molar-refractivity contribution is 1.22. The summed E-state index contributed by atoms with van der Waals surface area (Å²) in [6.45, 7) is 1.99. The van der Waals surface area contributed by atoms with E-state index in [0.717, 1.165) is 22.0 Å². The maximum atomic E-state index is 6.24. The molecule has 0 unspecified atom stereocenters. The highest BCUT2D eigenvalue weighted by Gasteiger charge is 2.10. The van der Waals surface area contributed by atoms with Gasteiger partial charge in [0.25, 0.3) is 0 Å². The predicted molar refractivity (Wildman–Crippen MR) is 79.7 cm³/mol. The molecule has 0 aliphatic rings. The third-order valence-corrected chi connectivity index (χ3v) is 3.52. The molecule has 0 atom stereocenters. The van der Waals surface area contributed by atoms with Crippen molar-refractivity contribution in [3.8, 4) is 11.4 Å². The molecule has 0 N–H and O–H groups in total. The minimum atomic E-state index is 0.442. The van der Waals surface area contributed by atoms with Gasteiger partial charge in [-0.3, -0.25) is 0 Å². The quantitative estimate of drug-likeness (QED) is 0.595. The van der Waals surface area contributed by atoms with Crippen molar-refractivity contribution in [3.05, 3.63) is 58.2 Å². The fourth-order valence-electron chi connectivity index (χ4n) is 1.96. The summed E-state index contributed by atoms with van der Waals surface area (Å²) in [5.74, 6) is 0.550. The molecule has 0 saturated heterocycles. The number of rotatable bonds is 1. The molecule has 0 spiro atoms. The molecule has 1 aromatic heterocycles. The molecule has 3 aromatic rings. The van der Waals surface area contributed by atoms with Gasteiger partial charge in [0.05, 0.1) is 10.5 Å². The van der Waals surface area contributed by atoms with E-state index >= 15 is 0 Å². The van der Waals surface area contributed by atoms with Gasteiger partial charge >= 0.3 is 0 Å². The monoisotopic (exact) mass is 288 g/mol. The van der Waals surface area contributed by atoms with E-state index in [4.69, 9.17) is 23.2 Å². The third kappa shape index (κ3) is 2.29. The van der Waals surface area contributed by atoms with Gasteiger partial charge in [-0.15, -0.1) is 0 Å². The molecule has 0 aliphatic heterocycles. The van der Waals surface area contributed by atoms with Crippen LogP contribution in [0.2, 0.25) is 10.2 Å². The summed E-state index contributed by atoms with van der Waals surface area (Å²) in [4.78, 5) is 8.85. The van der Waals surface area contributed by atoms with E-state index in [-0.39, 0.29) is 0 Å². The van der Waals surface area contributed by atoms with Crippen LogP contribution in [-0.2, 0) is 0 Å². The van der Waals surface area contributed by atoms with Crippen molar-refractivity contribution < 1.29 is 0 Å². The number of aryl methyl sites for hydroxylation is 1. The summed E-state index contributed by atoms with van der Waals surface area (Å²) >= 11 is 12.4. The fraction of sp³-hybridized carbons (Fsp3) is 0.0667. The summed E-state index contributed by atoms with van der Waals surface area (Å²) in [5.41, 5.74) is 2.70. The van der Waals surface area contributed by atoms with Crippen molar-refractivity contribution in [2.24, 2.45) is 0 Å². The zero-order valence-corrected chi connectivity index (χ0v) is 11.7. The van der Waals surface area contributed by atoms with Crippen molar-refractivity contribution in [2.75, 3.05) is 0 Å². The molecule has 94 valence electrons. The number of fused-ring (bicyclic) bond motifs is 1. The molecule has 0 radical (unpaired) electrons. The first-order valence-corrected chi connectivity index (χ1v) is 6.59. The second-order valence-electron chi connectivity index (χ2n) is 4.34. The van der Waals surface area contributed by atoms with Gasteiger partial charge in [-0.1, -0.05) is 41.4 Å². The Labute approximate surface area is 121 Å². The van der Waals surface area contributed by atoms with Crippen LogP contribution in [0.3, 0.4) is 0 Å². The number of hydrogen-bond acceptors (Lipinski definition) is 2. The van der Waals surface area contributed by atoms with E-state index in [1.165, 1.54) is 0 Å². The Morgan fingerprint density at radius 3 is 2.53 bits per heavy atom. The fourth-order valence-corrected chi connectivity index (χ4v) is 2.52. The Balaban J connectivity index is 2.25. The van der Waals surface area contributed by atoms with Crippen LogP contribution in [0.15, 0.2) is 42.5 Å². The minimum absolute atomic E-state index is 0.442. The Morgan fingerprint density at radius 1 is 0.947 bits per heavy atom. The lowest BCUT2D eigenvalue weighted by Crippen LogP contribution is -1.92. The highest BCUT2D eigenvalue weighted by Crippen LogP contribution is 2.29. The van der Waals surface area contributed by atoms with Gasteiger partial charge in [0.1, 0.15) is 5.15 Å². The molecule has 3 rings (SSSR count). The molecule has 1 heterocycles. The van der Waals surface area contributed by atoms with Gasteiger partial charge in [-0.05, 0) is 36.8 Å². The average molecular weight is 289 g/mol. The van der Waals surface area contributed by atoms with Crippen LogP contribution >= 0.6 is 23.2 Å². The van der Waals surface area contributed by atoms with Crippen LogP contribution in [0.5, 0.6) is 0 Å². The van der Waals surface area contributed by atoms with E-state index in [9.17, 15) is 0 Å². The minimum Gasteiger partial charge on any atom is -0.228 e. The van der Waals surface area contributed by atoms with Gasteiger partial charge in [0, 0.05) is 10.9 Å². The lowest BCUT2D eigenvalue weighted by Gasteiger charge is -2.06. The van der Waals surface area contributed by atoms with Crippen molar-refractivity contribution in [1.82, 2.24) is 9.97 Å². The largest absolute Gasteiger partial charge is 0.228 e. The molecular weight excluding hydrogens is 279 g/mol. The van der Waals surface area contributed by atoms with Crippen LogP contribution in [0.1, 0.15) is 5.56 Å². The molecule has 0 aliphatic carbocycles. The van der Waals surface area contributed by atoms with Crippen molar-refractivity contribution in [1.29, 1.82) is 0 Å². The first-order valence-electron chi connectivity index (χ1n) is 5.84. The summed E-state index contributed by atoms with van der Waals surface area (Å²) in [6, 6.07) is 13.4. The van der Waals surface area contributed by atoms with E-state index < -0.39 is 0 Å². The highest BCUT2D eigenvalue weighted by molar-refractivity contribution is 6.35. The van der Waals surface area contributed by atoms with Crippen LogP contribution in [0.4, 0.5) is 0 Å². The van der Waals surface area contributed by atoms with Crippen molar-refractivity contribution in [2.45, 2.75) is 6.92 Å². The number of benzene rings is 2. The third-order valence-electron chi connectivity index (χ3n) is 2.92. The number of halogens is 2. The average Bonchev–Trinajstić information content (AvgIpc) is 2.38. The van der Waals surface area contributed by atoms with E-state index in [2.05, 4.69) is 9.97 Å². The maximum Gasteiger partial charge on any atom is 0.162 e. The van der Waals surface area contributed by atoms with Crippen LogP contribution in [-0.4, -0.2) is 9.97 Å². The van der Waals surface area contributed by atoms with Gasteiger partial charge in [-0.25, -0.2) is 9.97 Å². The molecule has 0 amide bonds. The normalized spacial score (nSPS) is 10.9. The first-order chi connectivity index (χ1) is 9.15. The zero-order valence-electron chi connectivity index (χ0n) is 10.2. The number of aromatic nitrogens is 2. The standard InChI is InChI=1S/C15H10Cl2N2/c1-9-6-7-10(12(16)8-9)15-18-13-5-3-2-4-11(13)14(17)19-15/h2-8H,1H3. The molecular formula is C15H10Cl2N2. The molecule has 0 bridgehead atoms. The van der Waals surface area contributed by atoms with Crippen LogP contribution in [0.25, 0.3) is 22.3 Å². The summed E-state index contributed by atoms with van der Waals surface area (Å²) in [5, 5.41) is 1.92. The molecule has 0 saturated carbocycles. The topological polar surface area (TPSA) is 25.8 Å². The van der Waals surface area contributed by atoms with E-state index in [1.807, 2.05) is 49.4 Å². The van der Waals surface area contributed by atoms with Gasteiger partial charge in [0.2, 0.25) is 0 Å². The van der Waals surface area contributed by atoms with Crippen molar-refractivity contribution >= 4 is 34.1 Å². The maximum absolute atomic E-state index is 6.24. The Kier molecular flexibility index (Phi) is 3.13. The lowest BCUT2D eigenvalue weighted by atomic mass is 10.1. The number of para-hydroxylation sites is 1. The SMILES string of the molecule is Cc1ccc(-c2nc(Cl)c3ccccc3n2)c(Cl)c1. The second kappa shape index (κ2) is 4.80. The van der Waals surface area contributed by atoms with Gasteiger partial charge in [-0.2, -0.15) is 0 Å². The zero-order chi connectivity index (χ0) is 13.4. The van der Waals surface area contributed by atoms with Crippen LogP contribution in [0, 0.1) is 6.92 Å². The van der Waals surface area contributed by atoms with Crippen LogP contribution < -0.4 is 0 Å². The van der Waals surface area contributed by atoms with Crippen molar-refractivity contribution in [3.63, 3.8) is 0 Å². The first kappa shape index (κ1) is 12.4. The highest BCUT2D eigenvalue weighted by atomic mass is 35.5. The smallest absolute Gasteiger partial charge is 0.162 e. The molecule has 2 nitrogen and oxygen atoms in total. The Morgan fingerprint density at radius 2 is 1.74 bits per heavy atom. The molecule has 0 fully saturated rings. The summed E-state index contributed by atoms with van der Waals surface area (Å²) in [6.07, 6.45) is 0. The molecule has 2 aromatic carbocycles. The predicted octanol–water partition coefficient (Wildman–Crippen LogP) is 4.91. The molecule has 19 heavy (non-hydrogen) atoms. The van der Waals surface area contributed by atoms with Gasteiger partial charge < -0.3 is 0 Å². The molecule has 4 heteroatoms. The Bertz CT molecular complexity index is 769. The summed E-state index contributed by atoms with van der Waals surface area (Å²) in [7, 11) is 0. The van der Waals surface area contributed by atoms with E-state index in [0.29, 0.717) is 16.0 Å². The van der Waals surface area contributed by atoms with E-state index in [1.54, 1.807) is 0 Å². The number of hydrogen-bond donors (Lipinski definition) is 0. The summed E-state index contributed by atoms with van der Waals surface area (Å²) < 4.78 is 0. The Hall–Kier alpha value is -1.64. The van der Waals surface area contributed by atoms with Gasteiger partial charge in [0.15, 0.2) is 5.82 Å².